The third-order valence-electron chi connectivity index (χ3n) is 4.43. The van der Waals surface area contributed by atoms with Gasteiger partial charge in [-0.3, -0.25) is 9.59 Å². The van der Waals surface area contributed by atoms with Gasteiger partial charge in [0.2, 0.25) is 0 Å². The topological polar surface area (TPSA) is 81.1 Å². The van der Waals surface area contributed by atoms with Crippen molar-refractivity contribution in [1.29, 1.82) is 0 Å². The molecule has 2 aliphatic heterocycles. The third-order valence-corrected chi connectivity index (χ3v) is 5.63. The number of rotatable bonds is 1. The largest absolute Gasteiger partial charge is 0.392 e. The predicted molar refractivity (Wildman–Crippen MR) is 81.8 cm³/mol. The molecule has 0 unspecified atom stereocenters. The molecule has 2 fully saturated rings. The zero-order chi connectivity index (χ0) is 15.6. The molecule has 0 radical (unpaired) electrons. The third kappa shape index (κ3) is 1.70. The highest BCUT2D eigenvalue weighted by Gasteiger charge is 2.65. The Kier molecular flexibility index (Phi) is 3.22. The number of thiol groups is 2. The number of hydrogen-bond donors (Lipinski definition) is 4. The molecule has 2 N–H and O–H groups in total. The van der Waals surface area contributed by atoms with Crippen LogP contribution in [-0.4, -0.2) is 67.4 Å². The summed E-state index contributed by atoms with van der Waals surface area (Å²) in [6.07, 6.45) is 4.38. The van der Waals surface area contributed by atoms with Crippen molar-refractivity contribution in [2.45, 2.75) is 28.3 Å². The second kappa shape index (κ2) is 4.52. The van der Waals surface area contributed by atoms with Gasteiger partial charge in [-0.25, -0.2) is 0 Å². The first-order valence-electron chi connectivity index (χ1n) is 6.50. The molecule has 1 aliphatic carbocycles. The van der Waals surface area contributed by atoms with Crippen molar-refractivity contribution in [2.75, 3.05) is 13.7 Å². The van der Waals surface area contributed by atoms with Gasteiger partial charge in [0, 0.05) is 13.5 Å². The van der Waals surface area contributed by atoms with Crippen LogP contribution >= 0.6 is 25.3 Å². The smallest absolute Gasteiger partial charge is 0.263 e. The first-order valence-corrected chi connectivity index (χ1v) is 7.40. The zero-order valence-electron chi connectivity index (χ0n) is 11.3. The van der Waals surface area contributed by atoms with E-state index < -0.39 is 40.3 Å². The maximum Gasteiger partial charge on any atom is 0.263 e. The van der Waals surface area contributed by atoms with Crippen molar-refractivity contribution < 1.29 is 19.8 Å². The van der Waals surface area contributed by atoms with Gasteiger partial charge in [0.05, 0.1) is 18.8 Å². The molecule has 6 nitrogen and oxygen atoms in total. The van der Waals surface area contributed by atoms with Gasteiger partial charge in [0.15, 0.2) is 9.74 Å². The Morgan fingerprint density at radius 1 is 1.38 bits per heavy atom. The SMILES string of the molecule is CN1C(=O)[C@]2(S)CC3=CC=C[C@H](O)[C@H]3N2C(=O)[C@]1(S)CO. The molecule has 2 heterocycles. The number of carbonyl (C=O) groups excluding carboxylic acids is 2. The van der Waals surface area contributed by atoms with Gasteiger partial charge in [0.25, 0.3) is 11.8 Å². The summed E-state index contributed by atoms with van der Waals surface area (Å²) in [7, 11) is 1.42. The normalized spacial score (nSPS) is 42.0. The number of aliphatic hydroxyl groups is 2. The highest BCUT2D eigenvalue weighted by molar-refractivity contribution is 7.83. The summed E-state index contributed by atoms with van der Waals surface area (Å²) in [5, 5.41) is 19.7. The van der Waals surface area contributed by atoms with Gasteiger partial charge >= 0.3 is 0 Å². The number of aliphatic hydroxyl groups excluding tert-OH is 2. The fraction of sp³-hybridized carbons (Fsp3) is 0.538. The van der Waals surface area contributed by atoms with Crippen LogP contribution in [0.3, 0.4) is 0 Å². The lowest BCUT2D eigenvalue weighted by Gasteiger charge is -2.51. The van der Waals surface area contributed by atoms with E-state index in [4.69, 9.17) is 0 Å². The first-order chi connectivity index (χ1) is 9.77. The summed E-state index contributed by atoms with van der Waals surface area (Å²) in [4.78, 5) is 24.9. The number of likely N-dealkylation sites (N-methyl/N-ethyl adjacent to an activating group) is 1. The van der Waals surface area contributed by atoms with Crippen LogP contribution in [0.15, 0.2) is 23.8 Å². The van der Waals surface area contributed by atoms with Crippen LogP contribution in [0.25, 0.3) is 0 Å². The Morgan fingerprint density at radius 3 is 2.67 bits per heavy atom. The lowest BCUT2D eigenvalue weighted by atomic mass is 9.97. The van der Waals surface area contributed by atoms with E-state index in [-0.39, 0.29) is 6.42 Å². The fourth-order valence-corrected chi connectivity index (χ4v) is 3.96. The van der Waals surface area contributed by atoms with E-state index in [1.54, 1.807) is 18.2 Å². The average molecular weight is 328 g/mol. The molecule has 0 aromatic carbocycles. The van der Waals surface area contributed by atoms with Gasteiger partial charge < -0.3 is 20.0 Å². The van der Waals surface area contributed by atoms with E-state index in [0.29, 0.717) is 0 Å². The van der Waals surface area contributed by atoms with E-state index in [0.717, 1.165) is 10.5 Å². The van der Waals surface area contributed by atoms with Gasteiger partial charge in [-0.2, -0.15) is 0 Å². The Labute approximate surface area is 132 Å². The average Bonchev–Trinajstić information content (AvgIpc) is 2.78. The van der Waals surface area contributed by atoms with Crippen molar-refractivity contribution in [3.63, 3.8) is 0 Å². The Morgan fingerprint density at radius 2 is 2.05 bits per heavy atom. The van der Waals surface area contributed by atoms with Gasteiger partial charge in [-0.1, -0.05) is 18.2 Å². The van der Waals surface area contributed by atoms with Gasteiger partial charge in [0.1, 0.15) is 0 Å². The van der Waals surface area contributed by atoms with E-state index in [1.165, 1.54) is 11.9 Å². The molecule has 3 rings (SSSR count). The van der Waals surface area contributed by atoms with E-state index in [2.05, 4.69) is 25.3 Å². The number of nitrogens with zero attached hydrogens (tertiary/aromatic N) is 2. The number of hydrogen-bond acceptors (Lipinski definition) is 6. The maximum atomic E-state index is 12.8. The van der Waals surface area contributed by atoms with Crippen molar-refractivity contribution in [1.82, 2.24) is 9.80 Å². The molecule has 0 aromatic rings. The summed E-state index contributed by atoms with van der Waals surface area (Å²) in [6, 6.07) is -0.643. The first kappa shape index (κ1) is 15.0. The van der Waals surface area contributed by atoms with Crippen LogP contribution in [-0.2, 0) is 9.59 Å². The van der Waals surface area contributed by atoms with Crippen LogP contribution in [0.5, 0.6) is 0 Å². The molecular weight excluding hydrogens is 312 g/mol. The summed E-state index contributed by atoms with van der Waals surface area (Å²) >= 11 is 8.67. The highest BCUT2D eigenvalue weighted by Crippen LogP contribution is 2.49. The second-order valence-corrected chi connectivity index (χ2v) is 7.05. The second-order valence-electron chi connectivity index (χ2n) is 5.57. The highest BCUT2D eigenvalue weighted by atomic mass is 32.1. The minimum absolute atomic E-state index is 0.242. The minimum Gasteiger partial charge on any atom is -0.392 e. The van der Waals surface area contributed by atoms with Crippen LogP contribution in [0, 0.1) is 0 Å². The molecule has 21 heavy (non-hydrogen) atoms. The van der Waals surface area contributed by atoms with Crippen molar-refractivity contribution in [3.05, 3.63) is 23.8 Å². The molecular formula is C13H16N2O4S2. The van der Waals surface area contributed by atoms with E-state index >= 15 is 0 Å². The molecule has 2 saturated heterocycles. The summed E-state index contributed by atoms with van der Waals surface area (Å²) in [5.41, 5.74) is 0.769. The van der Waals surface area contributed by atoms with E-state index in [1.807, 2.05) is 0 Å². The molecule has 0 spiro atoms. The van der Waals surface area contributed by atoms with Crippen LogP contribution < -0.4 is 0 Å². The monoisotopic (exact) mass is 328 g/mol. The predicted octanol–water partition coefficient (Wildman–Crippen LogP) is -0.839. The number of fused-ring (bicyclic) bond motifs is 3. The van der Waals surface area contributed by atoms with Gasteiger partial charge in [-0.05, 0) is 5.57 Å². The number of carbonyl (C=O) groups is 2. The Hall–Kier alpha value is -0.960. The van der Waals surface area contributed by atoms with Crippen LogP contribution in [0.1, 0.15) is 6.42 Å². The van der Waals surface area contributed by atoms with Crippen molar-refractivity contribution in [2.24, 2.45) is 0 Å². The fourth-order valence-electron chi connectivity index (χ4n) is 3.22. The lowest BCUT2D eigenvalue weighted by molar-refractivity contribution is -0.167. The molecule has 0 saturated carbocycles. The summed E-state index contributed by atoms with van der Waals surface area (Å²) in [5.74, 6) is -0.954. The molecule has 4 atom stereocenters. The Bertz CT molecular complexity index is 593. The number of allylic oxidation sites excluding steroid dienone is 2. The van der Waals surface area contributed by atoms with Crippen LogP contribution in [0.2, 0.25) is 0 Å². The van der Waals surface area contributed by atoms with Crippen molar-refractivity contribution >= 4 is 37.1 Å². The quantitative estimate of drug-likeness (QED) is 0.473. The Balaban J connectivity index is 2.14. The molecule has 3 aliphatic rings. The number of piperazine rings is 1. The van der Waals surface area contributed by atoms with E-state index in [9.17, 15) is 19.8 Å². The lowest BCUT2D eigenvalue weighted by Crippen LogP contribution is -2.73. The van der Waals surface area contributed by atoms with Gasteiger partial charge in [-0.15, -0.1) is 25.3 Å². The molecule has 8 heteroatoms. The van der Waals surface area contributed by atoms with Crippen molar-refractivity contribution in [3.8, 4) is 0 Å². The molecule has 0 bridgehead atoms. The minimum atomic E-state index is -1.64. The molecule has 2 amide bonds. The molecule has 114 valence electrons. The summed E-state index contributed by atoms with van der Waals surface area (Å²) in [6.45, 7) is -0.616. The zero-order valence-corrected chi connectivity index (χ0v) is 13.1. The maximum absolute atomic E-state index is 12.8. The van der Waals surface area contributed by atoms with Crippen LogP contribution in [0.4, 0.5) is 0 Å². The standard InChI is InChI=1S/C13H16N2O4S2/c1-14-10(18)12(20)5-7-3-2-4-8(17)9(7)15(12)11(19)13(14,21)6-16/h2-4,8-9,16-17,20-21H,5-6H2,1H3/t8-,9-,12+,13+/m0/s1. The summed E-state index contributed by atoms with van der Waals surface area (Å²) < 4.78 is 0. The number of amides is 2. The molecule has 0 aromatic heterocycles.